The van der Waals surface area contributed by atoms with E-state index in [9.17, 15) is 4.79 Å². The molecule has 0 spiro atoms. The number of aromatic nitrogens is 5. The van der Waals surface area contributed by atoms with Crippen molar-refractivity contribution >= 4 is 17.5 Å². The van der Waals surface area contributed by atoms with Crippen LogP contribution in [-0.2, 0) is 4.79 Å². The SMILES string of the molecule is O=C(Nc1ccccn1)C1CN(c2cc(-n3cccn3)ncn2)C1. The molecule has 0 radical (unpaired) electrons. The van der Waals surface area contributed by atoms with E-state index in [-0.39, 0.29) is 11.8 Å². The summed E-state index contributed by atoms with van der Waals surface area (Å²) in [4.78, 5) is 26.8. The van der Waals surface area contributed by atoms with Crippen LogP contribution >= 0.6 is 0 Å². The highest BCUT2D eigenvalue weighted by molar-refractivity contribution is 5.93. The van der Waals surface area contributed by atoms with Gasteiger partial charge in [0.2, 0.25) is 5.91 Å². The molecule has 4 rings (SSSR count). The summed E-state index contributed by atoms with van der Waals surface area (Å²) in [6.07, 6.45) is 6.68. The van der Waals surface area contributed by atoms with Gasteiger partial charge in [-0.1, -0.05) is 6.07 Å². The fourth-order valence-electron chi connectivity index (χ4n) is 2.54. The smallest absolute Gasteiger partial charge is 0.232 e. The minimum atomic E-state index is -0.0740. The van der Waals surface area contributed by atoms with E-state index >= 15 is 0 Å². The Balaban J connectivity index is 1.39. The first kappa shape index (κ1) is 14.3. The van der Waals surface area contributed by atoms with Crippen molar-refractivity contribution in [2.24, 2.45) is 5.92 Å². The summed E-state index contributed by atoms with van der Waals surface area (Å²) in [7, 11) is 0. The Bertz CT molecular complexity index is 829. The van der Waals surface area contributed by atoms with Crippen LogP contribution in [0.5, 0.6) is 0 Å². The zero-order valence-corrected chi connectivity index (χ0v) is 12.8. The van der Waals surface area contributed by atoms with E-state index in [0.717, 1.165) is 5.82 Å². The molecular formula is C16H15N7O. The minimum absolute atomic E-state index is 0.0219. The molecule has 3 aromatic heterocycles. The molecule has 0 unspecified atom stereocenters. The summed E-state index contributed by atoms with van der Waals surface area (Å²) in [5.74, 6) is 1.97. The number of hydrogen-bond donors (Lipinski definition) is 1. The maximum Gasteiger partial charge on any atom is 0.232 e. The van der Waals surface area contributed by atoms with Crippen molar-refractivity contribution in [3.8, 4) is 5.82 Å². The van der Waals surface area contributed by atoms with Gasteiger partial charge < -0.3 is 10.2 Å². The molecule has 0 atom stereocenters. The molecule has 24 heavy (non-hydrogen) atoms. The molecule has 0 bridgehead atoms. The maximum atomic E-state index is 12.2. The van der Waals surface area contributed by atoms with Crippen molar-refractivity contribution in [3.05, 3.63) is 55.2 Å². The molecule has 1 saturated heterocycles. The highest BCUT2D eigenvalue weighted by Gasteiger charge is 2.33. The number of carbonyl (C=O) groups excluding carboxylic acids is 1. The van der Waals surface area contributed by atoms with Gasteiger partial charge in [0.15, 0.2) is 5.82 Å². The van der Waals surface area contributed by atoms with Crippen LogP contribution in [0.15, 0.2) is 55.2 Å². The third kappa shape index (κ3) is 2.81. The number of nitrogens with zero attached hydrogens (tertiary/aromatic N) is 6. The first-order valence-electron chi connectivity index (χ1n) is 7.58. The molecule has 3 aromatic rings. The predicted molar refractivity (Wildman–Crippen MR) is 87.7 cm³/mol. The first-order chi connectivity index (χ1) is 11.8. The fraction of sp³-hybridized carbons (Fsp3) is 0.188. The normalized spacial score (nSPS) is 14.2. The largest absolute Gasteiger partial charge is 0.355 e. The summed E-state index contributed by atoms with van der Waals surface area (Å²) >= 11 is 0. The molecular weight excluding hydrogens is 306 g/mol. The summed E-state index contributed by atoms with van der Waals surface area (Å²) in [6, 6.07) is 9.12. The number of anilines is 2. The number of rotatable bonds is 4. The summed E-state index contributed by atoms with van der Waals surface area (Å²) in [6.45, 7) is 1.24. The van der Waals surface area contributed by atoms with Crippen molar-refractivity contribution in [2.75, 3.05) is 23.3 Å². The maximum absolute atomic E-state index is 12.2. The standard InChI is InChI=1S/C16H15N7O/c24-16(21-13-4-1-2-5-17-13)12-9-22(10-12)14-8-15(19-11-18-14)23-7-3-6-20-23/h1-8,11-12H,9-10H2,(H,17,21,24). The molecule has 0 saturated carbocycles. The van der Waals surface area contributed by atoms with Crippen LogP contribution in [-0.4, -0.2) is 43.7 Å². The number of pyridine rings is 1. The Hall–Kier alpha value is -3.29. The lowest BCUT2D eigenvalue weighted by Gasteiger charge is -2.38. The van der Waals surface area contributed by atoms with Gasteiger partial charge in [0, 0.05) is 37.7 Å². The van der Waals surface area contributed by atoms with Crippen LogP contribution in [0.2, 0.25) is 0 Å². The Labute approximate surface area is 138 Å². The Morgan fingerprint density at radius 2 is 1.96 bits per heavy atom. The lowest BCUT2D eigenvalue weighted by molar-refractivity contribution is -0.120. The molecule has 0 aliphatic carbocycles. The molecule has 1 amide bonds. The van der Waals surface area contributed by atoms with Crippen LogP contribution in [0.1, 0.15) is 0 Å². The van der Waals surface area contributed by atoms with Crippen LogP contribution in [0.4, 0.5) is 11.6 Å². The molecule has 1 aliphatic heterocycles. The van der Waals surface area contributed by atoms with Gasteiger partial charge >= 0.3 is 0 Å². The van der Waals surface area contributed by atoms with E-state index in [4.69, 9.17) is 0 Å². The van der Waals surface area contributed by atoms with Gasteiger partial charge in [-0.2, -0.15) is 5.10 Å². The highest BCUT2D eigenvalue weighted by atomic mass is 16.2. The van der Waals surface area contributed by atoms with Crippen LogP contribution in [0.25, 0.3) is 5.82 Å². The number of nitrogens with one attached hydrogen (secondary N) is 1. The molecule has 120 valence electrons. The average Bonchev–Trinajstić information content (AvgIpc) is 3.09. The number of carbonyl (C=O) groups is 1. The lowest BCUT2D eigenvalue weighted by Crippen LogP contribution is -2.52. The van der Waals surface area contributed by atoms with Crippen molar-refractivity contribution in [1.82, 2.24) is 24.7 Å². The highest BCUT2D eigenvalue weighted by Crippen LogP contribution is 2.24. The van der Waals surface area contributed by atoms with E-state index in [0.29, 0.717) is 24.7 Å². The van der Waals surface area contributed by atoms with Crippen molar-refractivity contribution in [2.45, 2.75) is 0 Å². The second kappa shape index (κ2) is 6.07. The minimum Gasteiger partial charge on any atom is -0.355 e. The molecule has 4 heterocycles. The van der Waals surface area contributed by atoms with E-state index in [1.54, 1.807) is 23.1 Å². The Morgan fingerprint density at radius 1 is 1.08 bits per heavy atom. The van der Waals surface area contributed by atoms with Crippen LogP contribution < -0.4 is 10.2 Å². The zero-order valence-electron chi connectivity index (χ0n) is 12.8. The van der Waals surface area contributed by atoms with Crippen LogP contribution in [0.3, 0.4) is 0 Å². The fourth-order valence-corrected chi connectivity index (χ4v) is 2.54. The molecule has 8 heteroatoms. The summed E-state index contributed by atoms with van der Waals surface area (Å²) in [5.41, 5.74) is 0. The van der Waals surface area contributed by atoms with Gasteiger partial charge in [-0.3, -0.25) is 4.79 Å². The lowest BCUT2D eigenvalue weighted by atomic mass is 9.99. The molecule has 1 aliphatic rings. The van der Waals surface area contributed by atoms with Gasteiger partial charge in [0.1, 0.15) is 18.0 Å². The average molecular weight is 321 g/mol. The third-order valence-electron chi connectivity index (χ3n) is 3.87. The second-order valence-electron chi connectivity index (χ2n) is 5.49. The Kier molecular flexibility index (Phi) is 3.62. The summed E-state index contributed by atoms with van der Waals surface area (Å²) in [5, 5.41) is 6.98. The topological polar surface area (TPSA) is 88.8 Å². The molecule has 1 fully saturated rings. The van der Waals surface area contributed by atoms with Gasteiger partial charge in [0.25, 0.3) is 0 Å². The second-order valence-corrected chi connectivity index (χ2v) is 5.49. The number of hydrogen-bond acceptors (Lipinski definition) is 6. The van der Waals surface area contributed by atoms with Crippen molar-refractivity contribution < 1.29 is 4.79 Å². The van der Waals surface area contributed by atoms with E-state index < -0.39 is 0 Å². The monoisotopic (exact) mass is 321 g/mol. The quantitative estimate of drug-likeness (QED) is 0.775. The van der Waals surface area contributed by atoms with Gasteiger partial charge in [0.05, 0.1) is 5.92 Å². The zero-order chi connectivity index (χ0) is 16.4. The predicted octanol–water partition coefficient (Wildman–Crippen LogP) is 1.13. The van der Waals surface area contributed by atoms with E-state index in [1.165, 1.54) is 6.33 Å². The number of amides is 1. The first-order valence-corrected chi connectivity index (χ1v) is 7.58. The van der Waals surface area contributed by atoms with Gasteiger partial charge in [-0.15, -0.1) is 0 Å². The van der Waals surface area contributed by atoms with Gasteiger partial charge in [-0.05, 0) is 18.2 Å². The summed E-state index contributed by atoms with van der Waals surface area (Å²) < 4.78 is 1.68. The molecule has 0 aromatic carbocycles. The van der Waals surface area contributed by atoms with E-state index in [1.807, 2.05) is 35.4 Å². The molecule has 1 N–H and O–H groups in total. The van der Waals surface area contributed by atoms with Crippen LogP contribution in [0, 0.1) is 5.92 Å². The van der Waals surface area contributed by atoms with Crippen molar-refractivity contribution in [1.29, 1.82) is 0 Å². The third-order valence-corrected chi connectivity index (χ3v) is 3.87. The van der Waals surface area contributed by atoms with Gasteiger partial charge in [-0.25, -0.2) is 19.6 Å². The van der Waals surface area contributed by atoms with E-state index in [2.05, 4.69) is 25.4 Å². The Morgan fingerprint density at radius 3 is 2.71 bits per heavy atom. The molecule has 8 nitrogen and oxygen atoms in total. The van der Waals surface area contributed by atoms with Crippen molar-refractivity contribution in [3.63, 3.8) is 0 Å².